The first-order valence-corrected chi connectivity index (χ1v) is 6.18. The Morgan fingerprint density at radius 2 is 1.60 bits per heavy atom. The van der Waals surface area contributed by atoms with Gasteiger partial charge in [-0.15, -0.1) is 0 Å². The van der Waals surface area contributed by atoms with E-state index in [1.807, 2.05) is 0 Å². The quantitative estimate of drug-likeness (QED) is 0.503. The number of carbonyl (C=O) groups is 3. The molecule has 0 aromatic carbocycles. The molecule has 3 atom stereocenters. The summed E-state index contributed by atoms with van der Waals surface area (Å²) in [5.74, 6) is -3.22. The number of aliphatic hydroxyl groups excluding tert-OH is 2. The molecule has 0 unspecified atom stereocenters. The zero-order chi connectivity index (χ0) is 15.9. The third-order valence-corrected chi connectivity index (χ3v) is 3.00. The molecule has 0 amide bonds. The summed E-state index contributed by atoms with van der Waals surface area (Å²) in [5.41, 5.74) is 0. The van der Waals surface area contributed by atoms with Crippen LogP contribution in [0.5, 0.6) is 0 Å². The number of ketones is 1. The molecule has 0 radical (unpaired) electrons. The number of hydrogen-bond acceptors (Lipinski definition) is 6. The van der Waals surface area contributed by atoms with Crippen LogP contribution in [0, 0.1) is 0 Å². The Morgan fingerprint density at radius 3 is 1.85 bits per heavy atom. The summed E-state index contributed by atoms with van der Waals surface area (Å²) >= 11 is 0. The largest absolute Gasteiger partial charge is 0.479 e. The van der Waals surface area contributed by atoms with Crippen LogP contribution in [0.3, 0.4) is 0 Å². The number of Topliss-reactive ketones (excluding diaryl/α,β-unsaturated/α-hetero) is 1. The van der Waals surface area contributed by atoms with Gasteiger partial charge in [-0.05, 0) is 33.4 Å². The third-order valence-electron chi connectivity index (χ3n) is 3.00. The maximum absolute atomic E-state index is 10.7. The molecule has 0 aliphatic carbocycles. The fourth-order valence-corrected chi connectivity index (χ4v) is 1.84. The van der Waals surface area contributed by atoms with Crippen LogP contribution in [0.4, 0.5) is 0 Å². The molecule has 0 aromatic heterocycles. The van der Waals surface area contributed by atoms with Gasteiger partial charge in [-0.3, -0.25) is 4.79 Å². The lowest BCUT2D eigenvalue weighted by Crippen LogP contribution is -2.39. The van der Waals surface area contributed by atoms with Gasteiger partial charge in [-0.25, -0.2) is 9.59 Å². The van der Waals surface area contributed by atoms with Gasteiger partial charge in [0, 0.05) is 12.5 Å². The van der Waals surface area contributed by atoms with Crippen LogP contribution in [-0.4, -0.2) is 74.9 Å². The highest BCUT2D eigenvalue weighted by Crippen LogP contribution is 2.17. The van der Waals surface area contributed by atoms with Gasteiger partial charge in [0.05, 0.1) is 0 Å². The van der Waals surface area contributed by atoms with Gasteiger partial charge in [0.1, 0.15) is 5.78 Å². The Morgan fingerprint density at radius 1 is 1.15 bits per heavy atom. The molecule has 20 heavy (non-hydrogen) atoms. The van der Waals surface area contributed by atoms with Crippen LogP contribution < -0.4 is 0 Å². The number of hydrogen-bond donors (Lipinski definition) is 4. The zero-order valence-electron chi connectivity index (χ0n) is 11.5. The molecular weight excluding hydrogens is 270 g/mol. The summed E-state index contributed by atoms with van der Waals surface area (Å²) in [6.07, 6.45) is -1.32. The van der Waals surface area contributed by atoms with E-state index in [1.54, 1.807) is 6.92 Å². The second-order valence-corrected chi connectivity index (χ2v) is 4.75. The number of aliphatic hydroxyl groups is 2. The van der Waals surface area contributed by atoms with E-state index in [0.29, 0.717) is 11.8 Å². The van der Waals surface area contributed by atoms with Crippen molar-refractivity contribution in [1.82, 2.24) is 4.90 Å². The zero-order valence-corrected chi connectivity index (χ0v) is 11.5. The molecule has 1 aliphatic rings. The van der Waals surface area contributed by atoms with Crippen molar-refractivity contribution >= 4 is 17.7 Å². The lowest BCUT2D eigenvalue weighted by Gasteiger charge is -2.17. The first-order valence-electron chi connectivity index (χ1n) is 6.18. The fraction of sp³-hybridized carbons (Fsp3) is 0.750. The van der Waals surface area contributed by atoms with E-state index >= 15 is 0 Å². The van der Waals surface area contributed by atoms with Gasteiger partial charge in [0.15, 0.2) is 12.2 Å². The molecule has 4 N–H and O–H groups in total. The first kappa shape index (κ1) is 18.5. The first-order chi connectivity index (χ1) is 9.16. The van der Waals surface area contributed by atoms with Crippen LogP contribution in [0.25, 0.3) is 0 Å². The fourth-order valence-electron chi connectivity index (χ4n) is 1.84. The molecule has 1 fully saturated rings. The topological polar surface area (TPSA) is 135 Å². The summed E-state index contributed by atoms with van der Waals surface area (Å²) in [4.78, 5) is 32.5. The van der Waals surface area contributed by atoms with E-state index in [0.717, 1.165) is 13.0 Å². The number of aliphatic carboxylic acids is 2. The molecule has 0 saturated carbocycles. The van der Waals surface area contributed by atoms with E-state index < -0.39 is 24.1 Å². The average Bonchev–Trinajstić information content (AvgIpc) is 2.73. The summed E-state index contributed by atoms with van der Waals surface area (Å²) in [6, 6.07) is 0.539. The summed E-state index contributed by atoms with van der Waals surface area (Å²) in [5, 5.41) is 32.5. The van der Waals surface area contributed by atoms with Crippen LogP contribution in [0.15, 0.2) is 0 Å². The van der Waals surface area contributed by atoms with Crippen LogP contribution in [-0.2, 0) is 14.4 Å². The number of carboxylic acid groups (broad SMARTS) is 2. The molecular formula is C12H21NO7. The second-order valence-electron chi connectivity index (χ2n) is 4.75. The van der Waals surface area contributed by atoms with Gasteiger partial charge in [-0.1, -0.05) is 0 Å². The maximum atomic E-state index is 10.7. The predicted octanol–water partition coefficient (Wildman–Crippen LogP) is -1.06. The number of likely N-dealkylation sites (tertiary alicyclic amines) is 1. The molecule has 0 aromatic rings. The third kappa shape index (κ3) is 6.60. The van der Waals surface area contributed by atoms with Gasteiger partial charge < -0.3 is 25.3 Å². The highest BCUT2D eigenvalue weighted by molar-refractivity contribution is 5.83. The van der Waals surface area contributed by atoms with E-state index in [1.165, 1.54) is 12.8 Å². The average molecular weight is 291 g/mol. The lowest BCUT2D eigenvalue weighted by molar-refractivity contribution is -0.165. The number of carboxylic acids is 2. The lowest BCUT2D eigenvalue weighted by atomic mass is 10.1. The number of nitrogens with zero attached hydrogens (tertiary/aromatic N) is 1. The van der Waals surface area contributed by atoms with Gasteiger partial charge in [-0.2, -0.15) is 0 Å². The van der Waals surface area contributed by atoms with E-state index in [4.69, 9.17) is 20.4 Å². The van der Waals surface area contributed by atoms with Gasteiger partial charge in [0.25, 0.3) is 0 Å². The highest BCUT2D eigenvalue weighted by Gasteiger charge is 2.29. The van der Waals surface area contributed by atoms with Crippen LogP contribution in [0.2, 0.25) is 0 Å². The molecule has 1 heterocycles. The van der Waals surface area contributed by atoms with Crippen molar-refractivity contribution < 1.29 is 34.8 Å². The van der Waals surface area contributed by atoms with Crippen molar-refractivity contribution in [2.75, 3.05) is 13.6 Å². The van der Waals surface area contributed by atoms with E-state index in [-0.39, 0.29) is 0 Å². The minimum Gasteiger partial charge on any atom is -0.479 e. The Labute approximate surface area is 116 Å². The Hall–Kier alpha value is -1.51. The Kier molecular flexibility index (Phi) is 7.97. The molecule has 1 rings (SSSR count). The van der Waals surface area contributed by atoms with Crippen molar-refractivity contribution in [2.24, 2.45) is 0 Å². The second kappa shape index (κ2) is 8.62. The minimum absolute atomic E-state index is 0.318. The number of carbonyl (C=O) groups excluding carboxylic acids is 1. The normalized spacial score (nSPS) is 21.5. The Balaban J connectivity index is 0.000000361. The molecule has 1 saturated heterocycles. The summed E-state index contributed by atoms with van der Waals surface area (Å²) in [6.45, 7) is 2.84. The predicted molar refractivity (Wildman–Crippen MR) is 68.2 cm³/mol. The van der Waals surface area contributed by atoms with Crippen LogP contribution >= 0.6 is 0 Å². The van der Waals surface area contributed by atoms with Crippen molar-refractivity contribution in [1.29, 1.82) is 0 Å². The smallest absolute Gasteiger partial charge is 0.335 e. The van der Waals surface area contributed by atoms with Gasteiger partial charge in [0.2, 0.25) is 0 Å². The van der Waals surface area contributed by atoms with Crippen molar-refractivity contribution in [3.8, 4) is 0 Å². The molecule has 0 bridgehead atoms. The Bertz CT molecular complexity index is 340. The highest BCUT2D eigenvalue weighted by atomic mass is 16.4. The van der Waals surface area contributed by atoms with Crippen molar-refractivity contribution in [3.63, 3.8) is 0 Å². The SMILES string of the molecule is CC(=O)C[C@H]1CCCN1C.O=C(O)[C@H](O)[C@@H](O)C(=O)O. The van der Waals surface area contributed by atoms with Crippen molar-refractivity contribution in [2.45, 2.75) is 44.4 Å². The van der Waals surface area contributed by atoms with E-state index in [9.17, 15) is 14.4 Å². The standard InChI is InChI=1S/C8H15NO.C4H6O6/c1-7(10)6-8-4-3-5-9(8)2;5-1(3(7)8)2(6)4(9)10/h8H,3-6H2,1-2H3;1-2,5-6H,(H,7,8)(H,9,10)/t8-;1-,2-/m11/s1. The number of rotatable bonds is 5. The van der Waals surface area contributed by atoms with Gasteiger partial charge >= 0.3 is 11.9 Å². The molecule has 1 aliphatic heterocycles. The molecule has 116 valence electrons. The molecule has 8 nitrogen and oxygen atoms in total. The van der Waals surface area contributed by atoms with Crippen molar-refractivity contribution in [3.05, 3.63) is 0 Å². The monoisotopic (exact) mass is 291 g/mol. The maximum Gasteiger partial charge on any atom is 0.335 e. The minimum atomic E-state index is -2.27. The molecule has 8 heteroatoms. The van der Waals surface area contributed by atoms with E-state index in [2.05, 4.69) is 11.9 Å². The summed E-state index contributed by atoms with van der Waals surface area (Å²) in [7, 11) is 2.10. The van der Waals surface area contributed by atoms with Crippen LogP contribution in [0.1, 0.15) is 26.2 Å². The summed E-state index contributed by atoms with van der Waals surface area (Å²) < 4.78 is 0. The molecule has 0 spiro atoms.